The molecule has 22 heavy (non-hydrogen) atoms. The van der Waals surface area contributed by atoms with Gasteiger partial charge in [-0.25, -0.2) is 13.2 Å². The van der Waals surface area contributed by atoms with E-state index in [1.165, 1.54) is 4.90 Å². The number of benzene rings is 1. The number of rotatable bonds is 3. The second-order valence-electron chi connectivity index (χ2n) is 5.09. The average Bonchev–Trinajstić information content (AvgIpc) is 3.03. The minimum Gasteiger partial charge on any atom is -0.371 e. The van der Waals surface area contributed by atoms with Gasteiger partial charge >= 0.3 is 0 Å². The van der Waals surface area contributed by atoms with Gasteiger partial charge in [0, 0.05) is 31.9 Å². The summed E-state index contributed by atoms with van der Waals surface area (Å²) in [4.78, 5) is 13.8. The molecule has 8 heteroatoms. The Hall–Kier alpha value is -2.51. The Balaban J connectivity index is 1.77. The maximum atomic E-state index is 13.6. The molecule has 0 unspecified atom stereocenters. The molecular weight excluding hydrogens is 297 g/mol. The third-order valence-electron chi connectivity index (χ3n) is 3.55. The summed E-state index contributed by atoms with van der Waals surface area (Å²) in [5.41, 5.74) is 0.410. The van der Waals surface area contributed by atoms with E-state index in [0.29, 0.717) is 30.8 Å². The fourth-order valence-corrected chi connectivity index (χ4v) is 2.44. The molecule has 1 fully saturated rings. The molecule has 1 saturated heterocycles. The molecule has 1 aliphatic heterocycles. The van der Waals surface area contributed by atoms with Crippen LogP contribution in [0.1, 0.15) is 6.42 Å². The van der Waals surface area contributed by atoms with Gasteiger partial charge in [-0.05, 0) is 6.42 Å². The van der Waals surface area contributed by atoms with Crippen molar-refractivity contribution in [3.8, 4) is 0 Å². The molecule has 0 radical (unpaired) electrons. The van der Waals surface area contributed by atoms with Crippen LogP contribution in [0.3, 0.4) is 0 Å². The quantitative estimate of drug-likeness (QED) is 0.883. The second-order valence-corrected chi connectivity index (χ2v) is 5.09. The summed E-state index contributed by atoms with van der Waals surface area (Å²) in [6, 6.07) is 0.472. The van der Waals surface area contributed by atoms with E-state index in [9.17, 15) is 18.0 Å². The second kappa shape index (κ2) is 5.36. The van der Waals surface area contributed by atoms with Gasteiger partial charge in [-0.15, -0.1) is 0 Å². The molecule has 1 N–H and O–H groups in total. The molecule has 0 spiro atoms. The van der Waals surface area contributed by atoms with Crippen LogP contribution in [0.4, 0.5) is 24.5 Å². The predicted molar refractivity (Wildman–Crippen MR) is 73.9 cm³/mol. The summed E-state index contributed by atoms with van der Waals surface area (Å²) in [6.07, 6.45) is 3.67. The van der Waals surface area contributed by atoms with Gasteiger partial charge in [0.25, 0.3) is 0 Å². The fraction of sp³-hybridized carbons (Fsp3) is 0.286. The number of nitrogens with one attached hydrogen (secondary N) is 1. The molecule has 5 nitrogen and oxygen atoms in total. The number of carbonyl (C=O) groups is 1. The number of hydrogen-bond acceptors (Lipinski definition) is 3. The number of nitrogens with zero attached hydrogens (tertiary/aromatic N) is 3. The molecule has 116 valence electrons. The highest BCUT2D eigenvalue weighted by atomic mass is 19.2. The molecule has 2 aromatic rings. The van der Waals surface area contributed by atoms with Gasteiger partial charge < -0.3 is 10.2 Å². The van der Waals surface area contributed by atoms with Gasteiger partial charge in [-0.1, -0.05) is 0 Å². The molecule has 2 heterocycles. The third-order valence-corrected chi connectivity index (χ3v) is 3.55. The number of amides is 1. The number of aryl methyl sites for hydroxylation is 1. The van der Waals surface area contributed by atoms with E-state index in [1.54, 1.807) is 24.1 Å². The molecule has 1 amide bonds. The average molecular weight is 310 g/mol. The van der Waals surface area contributed by atoms with Crippen molar-refractivity contribution >= 4 is 17.3 Å². The van der Waals surface area contributed by atoms with Gasteiger partial charge in [0.05, 0.1) is 17.6 Å². The van der Waals surface area contributed by atoms with Gasteiger partial charge in [-0.3, -0.25) is 9.48 Å². The van der Waals surface area contributed by atoms with E-state index in [0.717, 1.165) is 0 Å². The largest absolute Gasteiger partial charge is 0.371 e. The standard InChI is InChI=1S/C14H13F3N4O/c1-20-7-8(6-18-20)21-3-2-12(14(21)22)19-13-5-10(16)9(15)4-11(13)17/h4-7,12,19H,2-3H2,1H3/t12-/m0/s1. The zero-order chi connectivity index (χ0) is 15.9. The topological polar surface area (TPSA) is 50.2 Å². The van der Waals surface area contributed by atoms with Crippen molar-refractivity contribution in [1.29, 1.82) is 0 Å². The van der Waals surface area contributed by atoms with Crippen molar-refractivity contribution in [3.63, 3.8) is 0 Å². The normalized spacial score (nSPS) is 18.1. The number of halogens is 3. The maximum absolute atomic E-state index is 13.6. The van der Waals surface area contributed by atoms with Crippen LogP contribution in [0.25, 0.3) is 0 Å². The van der Waals surface area contributed by atoms with Crippen LogP contribution in [-0.4, -0.2) is 28.3 Å². The molecule has 0 bridgehead atoms. The zero-order valence-corrected chi connectivity index (χ0v) is 11.7. The first-order chi connectivity index (χ1) is 10.5. The van der Waals surface area contributed by atoms with Crippen molar-refractivity contribution in [2.75, 3.05) is 16.8 Å². The first kappa shape index (κ1) is 14.4. The number of hydrogen-bond donors (Lipinski definition) is 1. The number of anilines is 2. The Morgan fingerprint density at radius 2 is 1.95 bits per heavy atom. The molecule has 0 aliphatic carbocycles. The summed E-state index contributed by atoms with van der Waals surface area (Å²) in [6.45, 7) is 0.438. The maximum Gasteiger partial charge on any atom is 0.249 e. The van der Waals surface area contributed by atoms with Crippen LogP contribution in [0.15, 0.2) is 24.5 Å². The lowest BCUT2D eigenvalue weighted by atomic mass is 10.2. The highest BCUT2D eigenvalue weighted by Crippen LogP contribution is 2.25. The van der Waals surface area contributed by atoms with E-state index in [1.807, 2.05) is 0 Å². The molecular formula is C14H13F3N4O. The summed E-state index contributed by atoms with van der Waals surface area (Å²) in [7, 11) is 1.73. The summed E-state index contributed by atoms with van der Waals surface area (Å²) in [5.74, 6) is -3.64. The molecule has 0 saturated carbocycles. The van der Waals surface area contributed by atoms with Crippen LogP contribution in [0.2, 0.25) is 0 Å². The van der Waals surface area contributed by atoms with Crippen molar-refractivity contribution < 1.29 is 18.0 Å². The molecule has 1 aromatic carbocycles. The van der Waals surface area contributed by atoms with Gasteiger partial charge in [0.15, 0.2) is 11.6 Å². The van der Waals surface area contributed by atoms with Crippen LogP contribution in [-0.2, 0) is 11.8 Å². The Morgan fingerprint density at radius 1 is 1.23 bits per heavy atom. The van der Waals surface area contributed by atoms with E-state index >= 15 is 0 Å². The Morgan fingerprint density at radius 3 is 2.64 bits per heavy atom. The highest BCUT2D eigenvalue weighted by Gasteiger charge is 2.33. The smallest absolute Gasteiger partial charge is 0.249 e. The zero-order valence-electron chi connectivity index (χ0n) is 11.7. The van der Waals surface area contributed by atoms with Crippen molar-refractivity contribution in [3.05, 3.63) is 42.0 Å². The van der Waals surface area contributed by atoms with E-state index in [2.05, 4.69) is 10.4 Å². The lowest BCUT2D eigenvalue weighted by Gasteiger charge is -2.16. The van der Waals surface area contributed by atoms with Gasteiger partial charge in [-0.2, -0.15) is 5.10 Å². The Bertz CT molecular complexity index is 731. The van der Waals surface area contributed by atoms with Crippen LogP contribution < -0.4 is 10.2 Å². The van der Waals surface area contributed by atoms with E-state index in [-0.39, 0.29) is 11.6 Å². The predicted octanol–water partition coefficient (Wildman–Crippen LogP) is 2.05. The molecule has 1 aliphatic rings. The van der Waals surface area contributed by atoms with Crippen molar-refractivity contribution in [2.45, 2.75) is 12.5 Å². The molecule has 1 atom stereocenters. The number of aromatic nitrogens is 2. The Kier molecular flexibility index (Phi) is 3.51. The van der Waals surface area contributed by atoms with Crippen LogP contribution in [0.5, 0.6) is 0 Å². The first-order valence-corrected chi connectivity index (χ1v) is 6.67. The Labute approximate surface area is 124 Å². The van der Waals surface area contributed by atoms with E-state index in [4.69, 9.17) is 0 Å². The molecule has 1 aromatic heterocycles. The number of carbonyl (C=O) groups excluding carboxylic acids is 1. The minimum atomic E-state index is -1.27. The fourth-order valence-electron chi connectivity index (χ4n) is 2.44. The monoisotopic (exact) mass is 310 g/mol. The minimum absolute atomic E-state index is 0.231. The summed E-state index contributed by atoms with van der Waals surface area (Å²) < 4.78 is 41.3. The van der Waals surface area contributed by atoms with Gasteiger partial charge in [0.2, 0.25) is 5.91 Å². The first-order valence-electron chi connectivity index (χ1n) is 6.67. The lowest BCUT2D eigenvalue weighted by molar-refractivity contribution is -0.117. The van der Waals surface area contributed by atoms with Crippen LogP contribution >= 0.6 is 0 Å². The van der Waals surface area contributed by atoms with Crippen molar-refractivity contribution in [1.82, 2.24) is 9.78 Å². The summed E-state index contributed by atoms with van der Waals surface area (Å²) >= 11 is 0. The molecule has 3 rings (SSSR count). The lowest BCUT2D eigenvalue weighted by Crippen LogP contribution is -2.33. The van der Waals surface area contributed by atoms with Crippen molar-refractivity contribution in [2.24, 2.45) is 7.05 Å². The summed E-state index contributed by atoms with van der Waals surface area (Å²) in [5, 5.41) is 6.62. The van der Waals surface area contributed by atoms with E-state index < -0.39 is 23.5 Å². The third kappa shape index (κ3) is 2.51. The van der Waals surface area contributed by atoms with Gasteiger partial charge in [0.1, 0.15) is 11.9 Å². The highest BCUT2D eigenvalue weighted by molar-refractivity contribution is 6.00. The van der Waals surface area contributed by atoms with Crippen LogP contribution in [0, 0.1) is 17.5 Å². The SMILES string of the molecule is Cn1cc(N2CC[C@H](Nc3cc(F)c(F)cc3F)C2=O)cn1.